The van der Waals surface area contributed by atoms with Crippen LogP contribution >= 0.6 is 0 Å². The number of carbonyl (C=O) groups is 1. The Morgan fingerprint density at radius 3 is 0.984 bits per heavy atom. The van der Waals surface area contributed by atoms with Crippen molar-refractivity contribution in [3.8, 4) is 0 Å². The molecular weight excluding hydrogens is 787 g/mol. The number of aliphatic hydroxyl groups excluding tert-OH is 3. The summed E-state index contributed by atoms with van der Waals surface area (Å²) in [6.07, 6.45) is 70.8. The van der Waals surface area contributed by atoms with Gasteiger partial charge in [0.1, 0.15) is 6.10 Å². The van der Waals surface area contributed by atoms with Gasteiger partial charge in [-0.1, -0.05) is 294 Å². The van der Waals surface area contributed by atoms with Gasteiger partial charge in [0, 0.05) is 0 Å². The van der Waals surface area contributed by atoms with Crippen LogP contribution in [0.4, 0.5) is 0 Å². The van der Waals surface area contributed by atoms with Crippen molar-refractivity contribution in [3.05, 3.63) is 36.5 Å². The van der Waals surface area contributed by atoms with E-state index in [1.807, 2.05) is 6.08 Å². The normalized spacial score (nSPS) is 13.5. The van der Waals surface area contributed by atoms with E-state index in [0.717, 1.165) is 38.5 Å². The van der Waals surface area contributed by atoms with E-state index in [9.17, 15) is 20.1 Å². The van der Waals surface area contributed by atoms with Gasteiger partial charge in [-0.15, -0.1) is 0 Å². The van der Waals surface area contributed by atoms with Crippen molar-refractivity contribution < 1.29 is 20.1 Å². The maximum Gasteiger partial charge on any atom is 0.249 e. The van der Waals surface area contributed by atoms with Gasteiger partial charge in [0.05, 0.1) is 18.8 Å². The molecule has 0 rings (SSSR count). The quantitative estimate of drug-likeness (QED) is 0.0362. The molecule has 0 heterocycles. The van der Waals surface area contributed by atoms with Crippen LogP contribution in [0.25, 0.3) is 0 Å². The molecule has 0 radical (unpaired) electrons. The molecule has 5 nitrogen and oxygen atoms in total. The van der Waals surface area contributed by atoms with E-state index in [1.54, 1.807) is 6.08 Å². The Morgan fingerprint density at radius 2 is 0.672 bits per heavy atom. The third kappa shape index (κ3) is 48.5. The van der Waals surface area contributed by atoms with E-state index < -0.39 is 24.2 Å². The predicted molar refractivity (Wildman–Crippen MR) is 282 cm³/mol. The van der Waals surface area contributed by atoms with Gasteiger partial charge in [-0.05, 0) is 51.4 Å². The summed E-state index contributed by atoms with van der Waals surface area (Å²) < 4.78 is 0. The van der Waals surface area contributed by atoms with E-state index in [1.165, 1.54) is 250 Å². The number of rotatable bonds is 53. The summed E-state index contributed by atoms with van der Waals surface area (Å²) in [5.41, 5.74) is 0. The molecule has 0 saturated carbocycles. The first-order valence-electron chi connectivity index (χ1n) is 28.8. The summed E-state index contributed by atoms with van der Waals surface area (Å²) in [5.74, 6) is -0.499. The Hall–Kier alpha value is -1.43. The second kappa shape index (κ2) is 54.2. The molecule has 1 amide bonds. The van der Waals surface area contributed by atoms with Crippen molar-refractivity contribution in [3.63, 3.8) is 0 Å². The third-order valence-electron chi connectivity index (χ3n) is 13.5. The van der Waals surface area contributed by atoms with Crippen molar-refractivity contribution in [2.24, 2.45) is 0 Å². The minimum absolute atomic E-state index is 0.361. The van der Waals surface area contributed by atoms with Gasteiger partial charge in [0.15, 0.2) is 0 Å². The van der Waals surface area contributed by atoms with Crippen LogP contribution in [0.5, 0.6) is 0 Å². The lowest BCUT2D eigenvalue weighted by Gasteiger charge is -2.21. The number of hydrogen-bond acceptors (Lipinski definition) is 4. The summed E-state index contributed by atoms with van der Waals surface area (Å²) >= 11 is 0. The molecule has 0 aromatic rings. The van der Waals surface area contributed by atoms with E-state index in [4.69, 9.17) is 0 Å². The van der Waals surface area contributed by atoms with Crippen molar-refractivity contribution in [2.45, 2.75) is 327 Å². The van der Waals surface area contributed by atoms with Crippen LogP contribution in [0.1, 0.15) is 309 Å². The zero-order valence-corrected chi connectivity index (χ0v) is 43.2. The number of carbonyl (C=O) groups excluding carboxylic acids is 1. The minimum atomic E-state index is -1.10. The van der Waals surface area contributed by atoms with Crippen molar-refractivity contribution >= 4 is 5.91 Å². The number of allylic oxidation sites excluding steroid dienone is 5. The highest BCUT2D eigenvalue weighted by Crippen LogP contribution is 2.17. The summed E-state index contributed by atoms with van der Waals surface area (Å²) in [6, 6.07) is -0.797. The van der Waals surface area contributed by atoms with Crippen molar-refractivity contribution in [1.29, 1.82) is 0 Å². The molecule has 3 atom stereocenters. The Labute approximate surface area is 400 Å². The maximum atomic E-state index is 12.5. The largest absolute Gasteiger partial charge is 0.394 e. The molecule has 0 saturated heterocycles. The molecule has 0 aromatic carbocycles. The van der Waals surface area contributed by atoms with Gasteiger partial charge in [0.25, 0.3) is 0 Å². The molecule has 64 heavy (non-hydrogen) atoms. The second-order valence-electron chi connectivity index (χ2n) is 19.9. The number of unbranched alkanes of at least 4 members (excludes halogenated alkanes) is 41. The van der Waals surface area contributed by atoms with E-state index in [2.05, 4.69) is 43.5 Å². The Balaban J connectivity index is 3.54. The molecule has 0 bridgehead atoms. The van der Waals surface area contributed by atoms with Crippen LogP contribution < -0.4 is 5.32 Å². The molecule has 5 heteroatoms. The Kier molecular flexibility index (Phi) is 53.0. The average Bonchev–Trinajstić information content (AvgIpc) is 3.30. The lowest BCUT2D eigenvalue weighted by molar-refractivity contribution is -0.131. The van der Waals surface area contributed by atoms with Crippen LogP contribution in [-0.4, -0.2) is 46.1 Å². The molecule has 0 fully saturated rings. The maximum absolute atomic E-state index is 12.5. The van der Waals surface area contributed by atoms with Gasteiger partial charge < -0.3 is 20.6 Å². The SMILES string of the molecule is CCCCCCCCCCC/C=C\C/C=C\CCCCCCCCCCCCCCCCCCC(O)C(=O)NC(CO)C(O)/C=C/CCCCCCCCCCCCCCCCCC. The van der Waals surface area contributed by atoms with Gasteiger partial charge in [-0.25, -0.2) is 0 Å². The summed E-state index contributed by atoms with van der Waals surface area (Å²) in [4.78, 5) is 12.5. The monoisotopic (exact) mass is 900 g/mol. The number of hydrogen-bond donors (Lipinski definition) is 4. The number of amides is 1. The number of nitrogens with one attached hydrogen (secondary N) is 1. The standard InChI is InChI=1S/C59H113NO4/c1-3-5-7-9-11-13-15-17-19-21-23-24-25-26-27-28-29-30-31-32-33-34-35-36-38-40-42-44-46-48-50-52-54-58(63)59(64)60-56(55-61)57(62)53-51-49-47-45-43-41-39-37-22-20-18-16-14-12-10-8-6-4-2/h23-24,26-27,51,53,56-58,61-63H,3-22,25,28-50,52,54-55H2,1-2H3,(H,60,64)/b24-23-,27-26-,53-51+. The Bertz CT molecular complexity index is 993. The molecule has 0 aromatic heterocycles. The highest BCUT2D eigenvalue weighted by Gasteiger charge is 2.22. The van der Waals surface area contributed by atoms with Crippen LogP contribution in [0.3, 0.4) is 0 Å². The van der Waals surface area contributed by atoms with Crippen molar-refractivity contribution in [1.82, 2.24) is 5.32 Å². The second-order valence-corrected chi connectivity index (χ2v) is 19.9. The molecule has 378 valence electrons. The molecule has 4 N–H and O–H groups in total. The van der Waals surface area contributed by atoms with Gasteiger partial charge in [0.2, 0.25) is 5.91 Å². The summed E-state index contributed by atoms with van der Waals surface area (Å²) in [6.45, 7) is 4.21. The van der Waals surface area contributed by atoms with Crippen LogP contribution in [-0.2, 0) is 4.79 Å². The smallest absolute Gasteiger partial charge is 0.249 e. The molecule has 0 aliphatic rings. The molecule has 0 aliphatic carbocycles. The lowest BCUT2D eigenvalue weighted by Crippen LogP contribution is -2.48. The summed E-state index contributed by atoms with van der Waals surface area (Å²) in [7, 11) is 0. The van der Waals surface area contributed by atoms with Crippen molar-refractivity contribution in [2.75, 3.05) is 6.61 Å². The van der Waals surface area contributed by atoms with E-state index in [-0.39, 0.29) is 6.61 Å². The third-order valence-corrected chi connectivity index (χ3v) is 13.5. The molecule has 3 unspecified atom stereocenters. The van der Waals surface area contributed by atoms with Gasteiger partial charge in [-0.3, -0.25) is 4.79 Å². The van der Waals surface area contributed by atoms with Gasteiger partial charge in [-0.2, -0.15) is 0 Å². The van der Waals surface area contributed by atoms with E-state index >= 15 is 0 Å². The van der Waals surface area contributed by atoms with Crippen LogP contribution in [0, 0.1) is 0 Å². The first-order chi connectivity index (χ1) is 31.6. The first kappa shape index (κ1) is 62.6. The topological polar surface area (TPSA) is 89.8 Å². The zero-order valence-electron chi connectivity index (χ0n) is 43.2. The van der Waals surface area contributed by atoms with E-state index in [0.29, 0.717) is 6.42 Å². The fourth-order valence-corrected chi connectivity index (χ4v) is 8.98. The summed E-state index contributed by atoms with van der Waals surface area (Å²) in [5, 5.41) is 33.4. The Morgan fingerprint density at radius 1 is 0.391 bits per heavy atom. The fraction of sp³-hybridized carbons (Fsp3) is 0.881. The molecule has 0 aliphatic heterocycles. The molecule has 0 spiro atoms. The molecular formula is C59H113NO4. The highest BCUT2D eigenvalue weighted by molar-refractivity contribution is 5.80. The predicted octanol–water partition coefficient (Wildman–Crippen LogP) is 17.8. The lowest BCUT2D eigenvalue weighted by atomic mass is 10.0. The fourth-order valence-electron chi connectivity index (χ4n) is 8.98. The number of aliphatic hydroxyl groups is 3. The highest BCUT2D eigenvalue weighted by atomic mass is 16.3. The average molecular weight is 901 g/mol. The zero-order chi connectivity index (χ0) is 46.5. The van der Waals surface area contributed by atoms with Crippen LogP contribution in [0.2, 0.25) is 0 Å². The van der Waals surface area contributed by atoms with Gasteiger partial charge >= 0.3 is 0 Å². The first-order valence-corrected chi connectivity index (χ1v) is 28.8. The van der Waals surface area contributed by atoms with Crippen LogP contribution in [0.15, 0.2) is 36.5 Å². The minimum Gasteiger partial charge on any atom is -0.394 e.